The highest BCUT2D eigenvalue weighted by Gasteiger charge is 2.13. The Morgan fingerprint density at radius 2 is 1.92 bits per heavy atom. The lowest BCUT2D eigenvalue weighted by atomic mass is 10.0. The SMILES string of the molecule is CC(C)n1cc(-c2cccc(OCc3ccccc3)c2C=O)cn1. The highest BCUT2D eigenvalue weighted by atomic mass is 16.5. The smallest absolute Gasteiger partial charge is 0.154 e. The van der Waals surface area contributed by atoms with Crippen LogP contribution in [0.5, 0.6) is 5.75 Å². The van der Waals surface area contributed by atoms with Gasteiger partial charge in [0.2, 0.25) is 0 Å². The Bertz CT molecular complexity index is 823. The Labute approximate surface area is 141 Å². The monoisotopic (exact) mass is 320 g/mol. The third-order valence-electron chi connectivity index (χ3n) is 3.86. The van der Waals surface area contributed by atoms with Crippen molar-refractivity contribution < 1.29 is 9.53 Å². The summed E-state index contributed by atoms with van der Waals surface area (Å²) in [5, 5.41) is 4.35. The summed E-state index contributed by atoms with van der Waals surface area (Å²) in [5.41, 5.74) is 3.36. The van der Waals surface area contributed by atoms with Crippen LogP contribution in [0.25, 0.3) is 11.1 Å². The van der Waals surface area contributed by atoms with Crippen molar-refractivity contribution in [2.75, 3.05) is 0 Å². The van der Waals surface area contributed by atoms with Crippen molar-refractivity contribution >= 4 is 6.29 Å². The number of aldehydes is 1. The van der Waals surface area contributed by atoms with Crippen molar-refractivity contribution in [1.29, 1.82) is 0 Å². The molecule has 3 aromatic rings. The van der Waals surface area contributed by atoms with Crippen LogP contribution in [0.4, 0.5) is 0 Å². The zero-order valence-corrected chi connectivity index (χ0v) is 13.8. The molecular weight excluding hydrogens is 300 g/mol. The molecule has 24 heavy (non-hydrogen) atoms. The van der Waals surface area contributed by atoms with Crippen molar-refractivity contribution in [2.45, 2.75) is 26.5 Å². The lowest BCUT2D eigenvalue weighted by Gasteiger charge is -2.11. The van der Waals surface area contributed by atoms with Gasteiger partial charge in [-0.05, 0) is 31.0 Å². The molecule has 0 aliphatic rings. The average Bonchev–Trinajstić information content (AvgIpc) is 3.10. The molecule has 0 spiro atoms. The van der Waals surface area contributed by atoms with Crippen LogP contribution in [0, 0.1) is 0 Å². The molecule has 0 radical (unpaired) electrons. The van der Waals surface area contributed by atoms with Crippen molar-refractivity contribution in [3.05, 3.63) is 72.1 Å². The quantitative estimate of drug-likeness (QED) is 0.627. The molecule has 3 rings (SSSR count). The van der Waals surface area contributed by atoms with Crippen LogP contribution in [0.15, 0.2) is 60.9 Å². The molecule has 2 aromatic carbocycles. The number of benzene rings is 2. The number of nitrogens with zero attached hydrogens (tertiary/aromatic N) is 2. The van der Waals surface area contributed by atoms with E-state index in [9.17, 15) is 4.79 Å². The number of hydrogen-bond donors (Lipinski definition) is 0. The topological polar surface area (TPSA) is 44.1 Å². The fourth-order valence-electron chi connectivity index (χ4n) is 2.54. The normalized spacial score (nSPS) is 10.8. The first-order valence-electron chi connectivity index (χ1n) is 7.98. The third-order valence-corrected chi connectivity index (χ3v) is 3.86. The highest BCUT2D eigenvalue weighted by molar-refractivity contribution is 5.90. The van der Waals surface area contributed by atoms with Crippen molar-refractivity contribution in [3.8, 4) is 16.9 Å². The van der Waals surface area contributed by atoms with E-state index in [1.54, 1.807) is 6.20 Å². The summed E-state index contributed by atoms with van der Waals surface area (Å²) < 4.78 is 7.75. The van der Waals surface area contributed by atoms with Gasteiger partial charge < -0.3 is 4.74 Å². The molecule has 4 nitrogen and oxygen atoms in total. The van der Waals surface area contributed by atoms with E-state index in [4.69, 9.17) is 4.74 Å². The van der Waals surface area contributed by atoms with Crippen LogP contribution in [-0.4, -0.2) is 16.1 Å². The summed E-state index contributed by atoms with van der Waals surface area (Å²) >= 11 is 0. The van der Waals surface area contributed by atoms with Gasteiger partial charge in [-0.15, -0.1) is 0 Å². The van der Waals surface area contributed by atoms with Crippen molar-refractivity contribution in [2.24, 2.45) is 0 Å². The van der Waals surface area contributed by atoms with E-state index in [2.05, 4.69) is 18.9 Å². The Balaban J connectivity index is 1.89. The number of hydrogen-bond acceptors (Lipinski definition) is 3. The molecule has 4 heteroatoms. The Kier molecular flexibility index (Phi) is 4.75. The molecule has 0 aliphatic heterocycles. The first-order chi connectivity index (χ1) is 11.7. The second kappa shape index (κ2) is 7.13. The van der Waals surface area contributed by atoms with Crippen LogP contribution >= 0.6 is 0 Å². The second-order valence-electron chi connectivity index (χ2n) is 5.91. The molecule has 1 heterocycles. The van der Waals surface area contributed by atoms with Crippen LogP contribution in [0.2, 0.25) is 0 Å². The van der Waals surface area contributed by atoms with E-state index in [1.807, 2.05) is 59.4 Å². The maximum Gasteiger partial charge on any atom is 0.154 e. The number of carbonyl (C=O) groups is 1. The molecule has 0 atom stereocenters. The molecular formula is C20H20N2O2. The zero-order chi connectivity index (χ0) is 16.9. The average molecular weight is 320 g/mol. The van der Waals surface area contributed by atoms with Crippen molar-refractivity contribution in [3.63, 3.8) is 0 Å². The largest absolute Gasteiger partial charge is 0.488 e. The Hall–Kier alpha value is -2.88. The lowest BCUT2D eigenvalue weighted by molar-refractivity contribution is 0.111. The van der Waals surface area contributed by atoms with Gasteiger partial charge in [-0.25, -0.2) is 0 Å². The van der Waals surface area contributed by atoms with Gasteiger partial charge in [-0.3, -0.25) is 9.48 Å². The van der Waals surface area contributed by atoms with Crippen LogP contribution in [0.3, 0.4) is 0 Å². The maximum atomic E-state index is 11.7. The third kappa shape index (κ3) is 3.38. The molecule has 0 saturated heterocycles. The van der Waals surface area contributed by atoms with E-state index in [0.717, 1.165) is 23.0 Å². The highest BCUT2D eigenvalue weighted by Crippen LogP contribution is 2.30. The summed E-state index contributed by atoms with van der Waals surface area (Å²) in [7, 11) is 0. The lowest BCUT2D eigenvalue weighted by Crippen LogP contribution is -2.00. The summed E-state index contributed by atoms with van der Waals surface area (Å²) in [5.74, 6) is 0.587. The first-order valence-corrected chi connectivity index (χ1v) is 7.98. The van der Waals surface area contributed by atoms with Crippen LogP contribution in [0.1, 0.15) is 35.8 Å². The van der Waals surface area contributed by atoms with E-state index in [0.29, 0.717) is 17.9 Å². The first kappa shape index (κ1) is 16.0. The van der Waals surface area contributed by atoms with Gasteiger partial charge in [0.05, 0.1) is 11.8 Å². The van der Waals surface area contributed by atoms with Gasteiger partial charge in [-0.1, -0.05) is 42.5 Å². The van der Waals surface area contributed by atoms with E-state index in [-0.39, 0.29) is 6.04 Å². The van der Waals surface area contributed by atoms with Crippen LogP contribution in [-0.2, 0) is 6.61 Å². The molecule has 0 N–H and O–H groups in total. The zero-order valence-electron chi connectivity index (χ0n) is 13.8. The minimum atomic E-state index is 0.274. The molecule has 1 aromatic heterocycles. The number of aromatic nitrogens is 2. The minimum absolute atomic E-state index is 0.274. The molecule has 0 bridgehead atoms. The van der Waals surface area contributed by atoms with Gasteiger partial charge in [0.1, 0.15) is 12.4 Å². The summed E-state index contributed by atoms with van der Waals surface area (Å²) in [4.78, 5) is 11.7. The summed E-state index contributed by atoms with van der Waals surface area (Å²) in [6, 6.07) is 15.8. The molecule has 0 saturated carbocycles. The molecule has 0 amide bonds. The van der Waals surface area contributed by atoms with Crippen molar-refractivity contribution in [1.82, 2.24) is 9.78 Å². The Morgan fingerprint density at radius 3 is 2.58 bits per heavy atom. The fourth-order valence-corrected chi connectivity index (χ4v) is 2.54. The van der Waals surface area contributed by atoms with Gasteiger partial charge in [0.25, 0.3) is 0 Å². The van der Waals surface area contributed by atoms with Gasteiger partial charge >= 0.3 is 0 Å². The number of rotatable bonds is 6. The minimum Gasteiger partial charge on any atom is -0.488 e. The predicted molar refractivity (Wildman–Crippen MR) is 94.2 cm³/mol. The maximum absolute atomic E-state index is 11.7. The van der Waals surface area contributed by atoms with Gasteiger partial charge in [0.15, 0.2) is 6.29 Å². The van der Waals surface area contributed by atoms with E-state index < -0.39 is 0 Å². The van der Waals surface area contributed by atoms with E-state index in [1.165, 1.54) is 0 Å². The second-order valence-corrected chi connectivity index (χ2v) is 5.91. The van der Waals surface area contributed by atoms with Gasteiger partial charge in [0, 0.05) is 17.8 Å². The number of carbonyl (C=O) groups excluding carboxylic acids is 1. The molecule has 0 aliphatic carbocycles. The molecule has 122 valence electrons. The predicted octanol–water partition coefficient (Wildman–Crippen LogP) is 4.52. The van der Waals surface area contributed by atoms with Gasteiger partial charge in [-0.2, -0.15) is 5.10 Å². The van der Waals surface area contributed by atoms with E-state index >= 15 is 0 Å². The Morgan fingerprint density at radius 1 is 1.12 bits per heavy atom. The standard InChI is InChI=1S/C20H20N2O2/c1-15(2)22-12-17(11-21-22)18-9-6-10-20(19(18)13-23)24-14-16-7-4-3-5-8-16/h3-13,15H,14H2,1-2H3. The van der Waals surface area contributed by atoms with Crippen LogP contribution < -0.4 is 4.74 Å². The molecule has 0 fully saturated rings. The summed E-state index contributed by atoms with van der Waals surface area (Å²) in [6.45, 7) is 4.56. The number of ether oxygens (including phenoxy) is 1. The molecule has 0 unspecified atom stereocenters. The fraction of sp³-hybridized carbons (Fsp3) is 0.200. The summed E-state index contributed by atoms with van der Waals surface area (Å²) in [6.07, 6.45) is 4.58.